The molecule has 1 atom stereocenters. The number of nitrogens with two attached hydrogens (primary N) is 1. The van der Waals surface area contributed by atoms with Gasteiger partial charge in [0.25, 0.3) is 0 Å². The molecule has 1 fully saturated rings. The van der Waals surface area contributed by atoms with Crippen molar-refractivity contribution in [2.24, 2.45) is 5.73 Å². The van der Waals surface area contributed by atoms with Crippen LogP contribution in [0.3, 0.4) is 0 Å². The molecule has 0 aromatic rings. The number of carbonyl (C=O) groups is 1. The molecular formula is C12H21NO2. The summed E-state index contributed by atoms with van der Waals surface area (Å²) in [4.78, 5) is 11.4. The van der Waals surface area contributed by atoms with Gasteiger partial charge in [0, 0.05) is 12.1 Å². The molecule has 0 saturated heterocycles. The second-order valence-electron chi connectivity index (χ2n) is 4.27. The third kappa shape index (κ3) is 5.57. The van der Waals surface area contributed by atoms with Gasteiger partial charge in [0.05, 0.1) is 0 Å². The monoisotopic (exact) mass is 211 g/mol. The summed E-state index contributed by atoms with van der Waals surface area (Å²) in [5.74, 6) is -0.251. The second-order valence-corrected chi connectivity index (χ2v) is 4.27. The number of hydrogen-bond acceptors (Lipinski definition) is 3. The second kappa shape index (κ2) is 6.62. The van der Waals surface area contributed by atoms with Gasteiger partial charge in [-0.25, -0.2) is 4.79 Å². The number of carbonyl (C=O) groups excluding carboxylic acids is 1. The Kier molecular flexibility index (Phi) is 5.40. The maximum absolute atomic E-state index is 11.4. The van der Waals surface area contributed by atoms with Crippen LogP contribution in [0.15, 0.2) is 12.2 Å². The molecule has 0 aliphatic heterocycles. The first-order chi connectivity index (χ1) is 7.18. The summed E-state index contributed by atoms with van der Waals surface area (Å²) in [6.07, 6.45) is 10.1. The Bertz CT molecular complexity index is 216. The highest BCUT2D eigenvalue weighted by Crippen LogP contribution is 2.19. The lowest BCUT2D eigenvalue weighted by atomic mass is 10.1. The maximum atomic E-state index is 11.4. The van der Waals surface area contributed by atoms with E-state index in [0.29, 0.717) is 0 Å². The molecule has 0 aromatic carbocycles. The van der Waals surface area contributed by atoms with Gasteiger partial charge in [-0.15, -0.1) is 0 Å². The van der Waals surface area contributed by atoms with E-state index in [1.807, 2.05) is 6.92 Å². The Labute approximate surface area is 91.7 Å². The molecule has 3 heteroatoms. The SMILES string of the molecule is CC(N)/C=C/C(=O)OC1CCCCCC1. The summed E-state index contributed by atoms with van der Waals surface area (Å²) < 4.78 is 5.34. The first kappa shape index (κ1) is 12.2. The molecule has 0 radical (unpaired) electrons. The zero-order chi connectivity index (χ0) is 11.1. The lowest BCUT2D eigenvalue weighted by molar-refractivity contribution is -0.143. The summed E-state index contributed by atoms with van der Waals surface area (Å²) >= 11 is 0. The Morgan fingerprint density at radius 1 is 1.33 bits per heavy atom. The van der Waals surface area contributed by atoms with E-state index in [2.05, 4.69) is 0 Å². The van der Waals surface area contributed by atoms with Crippen molar-refractivity contribution in [1.82, 2.24) is 0 Å². The fourth-order valence-electron chi connectivity index (χ4n) is 1.79. The summed E-state index contributed by atoms with van der Waals surface area (Å²) in [6, 6.07) is -0.0910. The minimum absolute atomic E-state index is 0.0910. The van der Waals surface area contributed by atoms with Crippen molar-refractivity contribution in [3.8, 4) is 0 Å². The quantitative estimate of drug-likeness (QED) is 0.442. The molecule has 1 saturated carbocycles. The van der Waals surface area contributed by atoms with Gasteiger partial charge in [0.2, 0.25) is 0 Å². The van der Waals surface area contributed by atoms with Crippen LogP contribution in [0.4, 0.5) is 0 Å². The van der Waals surface area contributed by atoms with E-state index in [1.165, 1.54) is 31.8 Å². The van der Waals surface area contributed by atoms with E-state index in [9.17, 15) is 4.79 Å². The van der Waals surface area contributed by atoms with Gasteiger partial charge in [0.15, 0.2) is 0 Å². The predicted octanol–water partition coefficient (Wildman–Crippen LogP) is 2.16. The van der Waals surface area contributed by atoms with Gasteiger partial charge in [-0.2, -0.15) is 0 Å². The van der Waals surface area contributed by atoms with Crippen molar-refractivity contribution in [1.29, 1.82) is 0 Å². The first-order valence-electron chi connectivity index (χ1n) is 5.83. The Balaban J connectivity index is 2.29. The Hall–Kier alpha value is -0.830. The van der Waals surface area contributed by atoms with E-state index >= 15 is 0 Å². The van der Waals surface area contributed by atoms with Crippen LogP contribution in [0.25, 0.3) is 0 Å². The van der Waals surface area contributed by atoms with Crippen molar-refractivity contribution in [3.05, 3.63) is 12.2 Å². The van der Waals surface area contributed by atoms with Gasteiger partial charge in [-0.05, 0) is 32.6 Å². The standard InChI is InChI=1S/C12H21NO2/c1-10(13)8-9-12(14)15-11-6-4-2-3-5-7-11/h8-11H,2-7,13H2,1H3/b9-8+. The van der Waals surface area contributed by atoms with Crippen molar-refractivity contribution in [2.75, 3.05) is 0 Å². The van der Waals surface area contributed by atoms with E-state index in [1.54, 1.807) is 6.08 Å². The maximum Gasteiger partial charge on any atom is 0.330 e. The molecule has 2 N–H and O–H groups in total. The van der Waals surface area contributed by atoms with Crippen LogP contribution in [0.2, 0.25) is 0 Å². The van der Waals surface area contributed by atoms with Gasteiger partial charge in [0.1, 0.15) is 6.10 Å². The lowest BCUT2D eigenvalue weighted by Gasteiger charge is -2.13. The highest BCUT2D eigenvalue weighted by Gasteiger charge is 2.14. The lowest BCUT2D eigenvalue weighted by Crippen LogP contribution is -2.17. The molecule has 1 aliphatic carbocycles. The molecule has 1 unspecified atom stereocenters. The van der Waals surface area contributed by atoms with Crippen molar-refractivity contribution >= 4 is 5.97 Å². The normalized spacial score (nSPS) is 21.2. The van der Waals surface area contributed by atoms with Gasteiger partial charge in [-0.3, -0.25) is 0 Å². The average molecular weight is 211 g/mol. The van der Waals surface area contributed by atoms with E-state index in [0.717, 1.165) is 12.8 Å². The number of hydrogen-bond donors (Lipinski definition) is 1. The van der Waals surface area contributed by atoms with Crippen LogP contribution < -0.4 is 5.73 Å². The summed E-state index contributed by atoms with van der Waals surface area (Å²) in [5.41, 5.74) is 5.50. The minimum atomic E-state index is -0.251. The zero-order valence-electron chi connectivity index (χ0n) is 9.45. The third-order valence-electron chi connectivity index (χ3n) is 2.62. The van der Waals surface area contributed by atoms with Crippen LogP contribution >= 0.6 is 0 Å². The molecular weight excluding hydrogens is 190 g/mol. The molecule has 1 rings (SSSR count). The molecule has 3 nitrogen and oxygen atoms in total. The number of esters is 1. The largest absolute Gasteiger partial charge is 0.459 e. The highest BCUT2D eigenvalue weighted by atomic mass is 16.5. The van der Waals surface area contributed by atoms with Gasteiger partial charge < -0.3 is 10.5 Å². The topological polar surface area (TPSA) is 52.3 Å². The molecule has 86 valence electrons. The predicted molar refractivity (Wildman–Crippen MR) is 60.4 cm³/mol. The summed E-state index contributed by atoms with van der Waals surface area (Å²) in [6.45, 7) is 1.83. The molecule has 1 aliphatic rings. The molecule has 0 heterocycles. The van der Waals surface area contributed by atoms with Gasteiger partial charge in [-0.1, -0.05) is 18.9 Å². The van der Waals surface area contributed by atoms with Crippen LogP contribution in [0, 0.1) is 0 Å². The van der Waals surface area contributed by atoms with E-state index in [-0.39, 0.29) is 18.1 Å². The van der Waals surface area contributed by atoms with Crippen LogP contribution in [-0.2, 0) is 9.53 Å². The van der Waals surface area contributed by atoms with Crippen molar-refractivity contribution in [2.45, 2.75) is 57.6 Å². The molecule has 0 bridgehead atoms. The molecule has 15 heavy (non-hydrogen) atoms. The van der Waals surface area contributed by atoms with Gasteiger partial charge >= 0.3 is 5.97 Å². The Morgan fingerprint density at radius 3 is 2.47 bits per heavy atom. The molecule has 0 spiro atoms. The fourth-order valence-corrected chi connectivity index (χ4v) is 1.79. The minimum Gasteiger partial charge on any atom is -0.459 e. The van der Waals surface area contributed by atoms with E-state index < -0.39 is 0 Å². The fraction of sp³-hybridized carbons (Fsp3) is 0.750. The van der Waals surface area contributed by atoms with Crippen LogP contribution in [-0.4, -0.2) is 18.1 Å². The third-order valence-corrected chi connectivity index (χ3v) is 2.62. The van der Waals surface area contributed by atoms with Crippen molar-refractivity contribution < 1.29 is 9.53 Å². The first-order valence-corrected chi connectivity index (χ1v) is 5.83. The zero-order valence-corrected chi connectivity index (χ0v) is 9.45. The van der Waals surface area contributed by atoms with Crippen molar-refractivity contribution in [3.63, 3.8) is 0 Å². The van der Waals surface area contributed by atoms with Crippen LogP contribution in [0.1, 0.15) is 45.4 Å². The summed E-state index contributed by atoms with van der Waals surface area (Å²) in [7, 11) is 0. The highest BCUT2D eigenvalue weighted by molar-refractivity contribution is 5.82. The average Bonchev–Trinajstić information content (AvgIpc) is 2.43. The van der Waals surface area contributed by atoms with E-state index in [4.69, 9.17) is 10.5 Å². The number of ether oxygens (including phenoxy) is 1. The Morgan fingerprint density at radius 2 is 1.93 bits per heavy atom. The summed E-state index contributed by atoms with van der Waals surface area (Å²) in [5, 5.41) is 0. The number of rotatable bonds is 3. The molecule has 0 aromatic heterocycles. The van der Waals surface area contributed by atoms with Crippen LogP contribution in [0.5, 0.6) is 0 Å². The molecule has 0 amide bonds. The smallest absolute Gasteiger partial charge is 0.330 e.